The molecule has 13 heteroatoms. The van der Waals surface area contributed by atoms with Gasteiger partial charge in [0.05, 0.1) is 12.1 Å². The van der Waals surface area contributed by atoms with E-state index in [-0.39, 0.29) is 23.2 Å². The number of nitrogen functional groups attached to an aromatic ring is 1. The minimum atomic E-state index is -3.76. The van der Waals surface area contributed by atoms with Crippen LogP contribution in [0.25, 0.3) is 11.4 Å². The Morgan fingerprint density at radius 3 is 2.55 bits per heavy atom. The first-order valence-corrected chi connectivity index (χ1v) is 15.4. The zero-order valence-corrected chi connectivity index (χ0v) is 24.9. The number of aromatic amines is 1. The van der Waals surface area contributed by atoms with Crippen LogP contribution in [0.5, 0.6) is 0 Å². The third-order valence-corrected chi connectivity index (χ3v) is 9.85. The number of likely N-dealkylation sites (tertiary alicyclic amines) is 2. The lowest BCUT2D eigenvalue weighted by Gasteiger charge is -2.41. The number of Topliss-reactive ketones (excluding diaryl/α,β-unsaturated/α-hetero) is 1. The van der Waals surface area contributed by atoms with Crippen molar-refractivity contribution in [3.8, 4) is 11.4 Å². The zero-order chi connectivity index (χ0) is 29.8. The Labute approximate surface area is 247 Å². The van der Waals surface area contributed by atoms with E-state index in [1.807, 2.05) is 13.8 Å². The number of nitrogens with zero attached hydrogens (tertiary/aromatic N) is 6. The normalized spacial score (nSPS) is 19.9. The molecule has 5 heterocycles. The molecule has 2 fully saturated rings. The van der Waals surface area contributed by atoms with E-state index in [1.54, 1.807) is 6.20 Å². The number of carbonyl (C=O) groups is 2. The summed E-state index contributed by atoms with van der Waals surface area (Å²) in [6.45, 7) is 8.94. The highest BCUT2D eigenvalue weighted by atomic mass is 32.1. The molecule has 0 atom stereocenters. The van der Waals surface area contributed by atoms with Crippen LogP contribution in [-0.2, 0) is 29.0 Å². The second-order valence-corrected chi connectivity index (χ2v) is 13.5. The number of fused-ring (bicyclic) bond motifs is 3. The first-order chi connectivity index (χ1) is 19.9. The quantitative estimate of drug-likeness (QED) is 0.407. The van der Waals surface area contributed by atoms with E-state index in [4.69, 9.17) is 5.73 Å². The highest BCUT2D eigenvalue weighted by Crippen LogP contribution is 2.43. The minimum absolute atomic E-state index is 0.113. The summed E-state index contributed by atoms with van der Waals surface area (Å²) in [5.41, 5.74) is 7.74. The van der Waals surface area contributed by atoms with Gasteiger partial charge in [0.15, 0.2) is 5.78 Å². The van der Waals surface area contributed by atoms with Gasteiger partial charge in [-0.2, -0.15) is 13.9 Å². The number of amides is 1. The van der Waals surface area contributed by atoms with Gasteiger partial charge in [-0.05, 0) is 62.1 Å². The molecule has 2 aliphatic heterocycles. The van der Waals surface area contributed by atoms with Gasteiger partial charge in [0.1, 0.15) is 22.1 Å². The summed E-state index contributed by atoms with van der Waals surface area (Å²) in [5.74, 6) is -4.47. The first kappa shape index (κ1) is 28.8. The Balaban J connectivity index is 1.13. The number of anilines is 1. The lowest BCUT2D eigenvalue weighted by molar-refractivity contribution is -0.161. The van der Waals surface area contributed by atoms with Crippen molar-refractivity contribution in [2.24, 2.45) is 5.92 Å². The van der Waals surface area contributed by atoms with Crippen LogP contribution in [0, 0.1) is 5.92 Å². The predicted molar refractivity (Wildman–Crippen MR) is 154 cm³/mol. The van der Waals surface area contributed by atoms with Gasteiger partial charge in [-0.3, -0.25) is 14.7 Å². The Morgan fingerprint density at radius 2 is 1.83 bits per heavy atom. The van der Waals surface area contributed by atoms with Crippen molar-refractivity contribution in [2.75, 3.05) is 31.9 Å². The smallest absolute Gasteiger partial charge is 0.367 e. The molecule has 0 saturated carbocycles. The number of H-pyrrole nitrogens is 1. The highest BCUT2D eigenvalue weighted by molar-refractivity contribution is 7.09. The van der Waals surface area contributed by atoms with E-state index in [9.17, 15) is 9.59 Å². The zero-order valence-electron chi connectivity index (χ0n) is 24.1. The van der Waals surface area contributed by atoms with Gasteiger partial charge in [0.25, 0.3) is 5.91 Å². The summed E-state index contributed by atoms with van der Waals surface area (Å²) in [5, 5.41) is 8.61. The van der Waals surface area contributed by atoms with Crippen molar-refractivity contribution in [2.45, 2.75) is 76.7 Å². The molecule has 3 N–H and O–H groups in total. The van der Waals surface area contributed by atoms with Crippen molar-refractivity contribution in [3.05, 3.63) is 39.1 Å². The number of alkyl halides is 2. The molecule has 1 aliphatic carbocycles. The van der Waals surface area contributed by atoms with Crippen molar-refractivity contribution in [3.63, 3.8) is 0 Å². The number of halogens is 2. The van der Waals surface area contributed by atoms with Crippen LogP contribution in [0.1, 0.15) is 78.8 Å². The Kier molecular flexibility index (Phi) is 7.37. The third kappa shape index (κ3) is 5.21. The molecule has 0 radical (unpaired) electrons. The number of ketones is 1. The maximum absolute atomic E-state index is 15.4. The third-order valence-electron chi connectivity index (χ3n) is 9.00. The molecule has 224 valence electrons. The summed E-state index contributed by atoms with van der Waals surface area (Å²) < 4.78 is 30.7. The van der Waals surface area contributed by atoms with Gasteiger partial charge < -0.3 is 15.5 Å². The molecule has 0 aromatic carbocycles. The van der Waals surface area contributed by atoms with Crippen LogP contribution < -0.4 is 5.73 Å². The number of aromatic nitrogens is 5. The second-order valence-electron chi connectivity index (χ2n) is 12.5. The molecule has 10 nitrogen and oxygen atoms in total. The van der Waals surface area contributed by atoms with E-state index < -0.39 is 22.9 Å². The molecule has 42 heavy (non-hydrogen) atoms. The van der Waals surface area contributed by atoms with Crippen molar-refractivity contribution < 1.29 is 18.4 Å². The highest BCUT2D eigenvalue weighted by Gasteiger charge is 2.47. The van der Waals surface area contributed by atoms with E-state index >= 15 is 8.78 Å². The van der Waals surface area contributed by atoms with Crippen molar-refractivity contribution in [1.29, 1.82) is 0 Å². The number of rotatable bonds is 6. The molecule has 2 saturated heterocycles. The number of nitrogens with two attached hydrogens (primary N) is 1. The molecular formula is C29H36F2N8O2S. The van der Waals surface area contributed by atoms with Crippen LogP contribution >= 0.6 is 11.3 Å². The number of piperidine rings is 2. The Morgan fingerprint density at radius 1 is 1.12 bits per heavy atom. The van der Waals surface area contributed by atoms with Gasteiger partial charge in [0, 0.05) is 36.3 Å². The van der Waals surface area contributed by atoms with Crippen molar-refractivity contribution in [1.82, 2.24) is 34.9 Å². The fraction of sp³-hybridized carbons (Fsp3) is 0.586. The molecule has 0 spiro atoms. The predicted octanol–water partition coefficient (Wildman–Crippen LogP) is 3.98. The lowest BCUT2D eigenvalue weighted by Crippen LogP contribution is -2.51. The largest absolute Gasteiger partial charge is 0.368 e. The number of carbonyl (C=O) groups excluding carboxylic acids is 2. The molecule has 3 aromatic rings. The van der Waals surface area contributed by atoms with Crippen LogP contribution in [0.2, 0.25) is 0 Å². The van der Waals surface area contributed by atoms with Gasteiger partial charge in [-0.1, -0.05) is 20.8 Å². The van der Waals surface area contributed by atoms with E-state index in [0.717, 1.165) is 48.7 Å². The maximum atomic E-state index is 15.4. The first-order valence-electron chi connectivity index (χ1n) is 14.5. The summed E-state index contributed by atoms with van der Waals surface area (Å²) >= 11 is 0.952. The topological polar surface area (TPSA) is 134 Å². The average molecular weight is 599 g/mol. The SMILES string of the molecule is CC1CCN(C2CCN(C(=O)C(F)(F)c3csc(CC(=O)c4[nH]nc5c4C(C)(C)Cc4cnc(N)nc4-5)n3)CC2)CC1. The fourth-order valence-electron chi connectivity index (χ4n) is 6.59. The minimum Gasteiger partial charge on any atom is -0.368 e. The van der Waals surface area contributed by atoms with Crippen molar-refractivity contribution >= 4 is 29.0 Å². The molecule has 6 rings (SSSR count). The van der Waals surface area contributed by atoms with Crippen LogP contribution in [0.3, 0.4) is 0 Å². The number of hydrogen-bond donors (Lipinski definition) is 2. The monoisotopic (exact) mass is 598 g/mol. The summed E-state index contributed by atoms with van der Waals surface area (Å²) in [7, 11) is 0. The summed E-state index contributed by atoms with van der Waals surface area (Å²) in [4.78, 5) is 42.5. The summed E-state index contributed by atoms with van der Waals surface area (Å²) in [6.07, 6.45) is 5.77. The number of hydrogen-bond acceptors (Lipinski definition) is 9. The van der Waals surface area contributed by atoms with E-state index in [0.29, 0.717) is 61.0 Å². The molecule has 3 aromatic heterocycles. The van der Waals surface area contributed by atoms with Gasteiger partial charge in [-0.25, -0.2) is 15.0 Å². The standard InChI is InChI=1S/C29H36F2N8O2S/c1-16-4-8-38(9-5-16)18-6-10-39(11-7-18)26(41)29(30,31)20-15-42-21(34-20)12-19(40)24-22-25(37-36-24)23-17(13-28(22,2)3)14-33-27(32)35-23/h14-16,18H,4-13H2,1-3H3,(H,36,37)(H2,32,33,35). The van der Waals surface area contributed by atoms with Crippen LogP contribution in [0.15, 0.2) is 11.6 Å². The van der Waals surface area contributed by atoms with Gasteiger partial charge >= 0.3 is 5.92 Å². The lowest BCUT2D eigenvalue weighted by atomic mass is 9.73. The summed E-state index contributed by atoms with van der Waals surface area (Å²) in [6, 6.07) is 0.337. The molecule has 0 bridgehead atoms. The maximum Gasteiger partial charge on any atom is 0.367 e. The average Bonchev–Trinajstić information content (AvgIpc) is 3.63. The van der Waals surface area contributed by atoms with Crippen LogP contribution in [0.4, 0.5) is 14.7 Å². The van der Waals surface area contributed by atoms with Gasteiger partial charge in [0.2, 0.25) is 5.95 Å². The molecule has 1 amide bonds. The molecule has 0 unspecified atom stereocenters. The Bertz CT molecular complexity index is 1500. The van der Waals surface area contributed by atoms with Gasteiger partial charge in [-0.15, -0.1) is 11.3 Å². The second kappa shape index (κ2) is 10.7. The van der Waals surface area contributed by atoms with E-state index in [1.165, 1.54) is 10.3 Å². The number of thiazole rings is 1. The Hall–Kier alpha value is -3.32. The number of nitrogens with one attached hydrogen (secondary N) is 1. The van der Waals surface area contributed by atoms with E-state index in [2.05, 4.69) is 37.0 Å². The molecule has 3 aliphatic rings. The fourth-order valence-corrected chi connectivity index (χ4v) is 7.41. The van der Waals surface area contributed by atoms with Crippen LogP contribution in [-0.4, -0.2) is 78.9 Å². The molecular weight excluding hydrogens is 562 g/mol.